The molecule has 1 heterocycles. The van der Waals surface area contributed by atoms with Crippen LogP contribution < -0.4 is 5.32 Å². The molecule has 1 unspecified atom stereocenters. The Morgan fingerprint density at radius 3 is 2.58 bits per heavy atom. The Kier molecular flexibility index (Phi) is 5.99. The minimum absolute atomic E-state index is 0.0800. The largest absolute Gasteiger partial charge is 0.393 e. The lowest BCUT2D eigenvalue weighted by atomic mass is 9.91. The number of aliphatic hydroxyl groups excluding tert-OH is 1. The lowest BCUT2D eigenvalue weighted by molar-refractivity contribution is -0.129. The third-order valence-electron chi connectivity index (χ3n) is 3.90. The number of amides is 1. The topological polar surface area (TPSA) is 95.3 Å². The summed E-state index contributed by atoms with van der Waals surface area (Å²) in [6.07, 6.45) is -0.459. The fourth-order valence-corrected chi connectivity index (χ4v) is 2.39. The molecule has 2 aromatic rings. The monoisotopic (exact) mass is 365 g/mol. The molecule has 0 aliphatic rings. The molecule has 0 saturated carbocycles. The zero-order valence-corrected chi connectivity index (χ0v) is 14.7. The predicted octanol–water partition coefficient (Wildman–Crippen LogP) is 2.04. The van der Waals surface area contributed by atoms with Gasteiger partial charge in [-0.3, -0.25) is 9.78 Å². The second-order valence-corrected chi connectivity index (χ2v) is 6.33. The Balaban J connectivity index is 2.49. The minimum atomic E-state index is -3.17. The average Bonchev–Trinajstić information content (AvgIpc) is 2.60. The quantitative estimate of drug-likeness (QED) is 0.728. The molecular formula is C18H21F2N3O3. The Bertz CT molecular complexity index is 799. The summed E-state index contributed by atoms with van der Waals surface area (Å²) >= 11 is 0. The summed E-state index contributed by atoms with van der Waals surface area (Å²) in [6.45, 7) is 4.23. The third kappa shape index (κ3) is 4.03. The highest BCUT2D eigenvalue weighted by atomic mass is 19.3. The molecule has 0 bridgehead atoms. The van der Waals surface area contributed by atoms with Gasteiger partial charge in [-0.05, 0) is 38.0 Å². The van der Waals surface area contributed by atoms with Gasteiger partial charge in [0, 0.05) is 11.6 Å². The van der Waals surface area contributed by atoms with Gasteiger partial charge < -0.3 is 15.5 Å². The Labute approximate surface area is 149 Å². The van der Waals surface area contributed by atoms with Gasteiger partial charge in [0.15, 0.2) is 5.60 Å². The van der Waals surface area contributed by atoms with E-state index in [2.05, 4.69) is 15.3 Å². The maximum Gasteiger partial charge on any atom is 0.273 e. The first kappa shape index (κ1) is 19.9. The van der Waals surface area contributed by atoms with Crippen LogP contribution in [0, 0.1) is 6.92 Å². The van der Waals surface area contributed by atoms with Crippen LogP contribution >= 0.6 is 0 Å². The van der Waals surface area contributed by atoms with E-state index in [4.69, 9.17) is 0 Å². The number of halogens is 2. The molecule has 140 valence electrons. The van der Waals surface area contributed by atoms with Gasteiger partial charge in [-0.15, -0.1) is 0 Å². The van der Waals surface area contributed by atoms with Crippen LogP contribution in [0.2, 0.25) is 0 Å². The SMILES string of the molecule is Cc1ccc(C(O)(CO)C(F)F)cc1-c1cncc(C(=O)NC(C)C)n1. The number of nitrogens with one attached hydrogen (secondary N) is 1. The van der Waals surface area contributed by atoms with Crippen LogP contribution in [0.25, 0.3) is 11.3 Å². The van der Waals surface area contributed by atoms with Crippen LogP contribution in [0.1, 0.15) is 35.5 Å². The van der Waals surface area contributed by atoms with E-state index in [1.807, 2.05) is 13.8 Å². The van der Waals surface area contributed by atoms with Crippen molar-refractivity contribution in [2.45, 2.75) is 38.8 Å². The molecule has 1 amide bonds. The fraction of sp³-hybridized carbons (Fsp3) is 0.389. The summed E-state index contributed by atoms with van der Waals surface area (Å²) in [4.78, 5) is 20.3. The Morgan fingerprint density at radius 2 is 2.00 bits per heavy atom. The van der Waals surface area contributed by atoms with Crippen LogP contribution in [0.4, 0.5) is 8.78 Å². The summed E-state index contributed by atoms with van der Waals surface area (Å²) < 4.78 is 26.4. The zero-order chi connectivity index (χ0) is 19.5. The van der Waals surface area contributed by atoms with E-state index in [1.54, 1.807) is 6.92 Å². The molecule has 0 radical (unpaired) electrons. The summed E-state index contributed by atoms with van der Waals surface area (Å²) in [5.41, 5.74) is -1.31. The highest BCUT2D eigenvalue weighted by molar-refractivity contribution is 5.92. The van der Waals surface area contributed by atoms with Crippen molar-refractivity contribution in [3.63, 3.8) is 0 Å². The first-order valence-electron chi connectivity index (χ1n) is 8.04. The molecule has 2 rings (SSSR count). The van der Waals surface area contributed by atoms with Crippen molar-refractivity contribution in [3.8, 4) is 11.3 Å². The van der Waals surface area contributed by atoms with Gasteiger partial charge in [-0.25, -0.2) is 13.8 Å². The van der Waals surface area contributed by atoms with E-state index in [9.17, 15) is 23.8 Å². The highest BCUT2D eigenvalue weighted by Gasteiger charge is 2.39. The summed E-state index contributed by atoms with van der Waals surface area (Å²) in [5, 5.41) is 22.0. The van der Waals surface area contributed by atoms with Crippen molar-refractivity contribution in [3.05, 3.63) is 47.4 Å². The van der Waals surface area contributed by atoms with Crippen LogP contribution in [0.5, 0.6) is 0 Å². The van der Waals surface area contributed by atoms with Gasteiger partial charge in [0.25, 0.3) is 12.3 Å². The first-order chi connectivity index (χ1) is 12.2. The maximum absolute atomic E-state index is 13.2. The second kappa shape index (κ2) is 7.84. The average molecular weight is 365 g/mol. The number of alkyl halides is 2. The van der Waals surface area contributed by atoms with Gasteiger partial charge in [-0.1, -0.05) is 12.1 Å². The summed E-state index contributed by atoms with van der Waals surface area (Å²) in [7, 11) is 0. The van der Waals surface area contributed by atoms with Crippen molar-refractivity contribution in [1.82, 2.24) is 15.3 Å². The highest BCUT2D eigenvalue weighted by Crippen LogP contribution is 2.32. The molecule has 1 aromatic heterocycles. The number of rotatable bonds is 6. The normalized spacial score (nSPS) is 13.7. The molecule has 3 N–H and O–H groups in total. The fourth-order valence-electron chi connectivity index (χ4n) is 2.39. The smallest absolute Gasteiger partial charge is 0.273 e. The third-order valence-corrected chi connectivity index (χ3v) is 3.90. The van der Waals surface area contributed by atoms with Gasteiger partial charge in [-0.2, -0.15) is 0 Å². The van der Waals surface area contributed by atoms with Crippen LogP contribution in [-0.4, -0.2) is 45.2 Å². The molecule has 1 aromatic carbocycles. The van der Waals surface area contributed by atoms with E-state index < -0.39 is 24.5 Å². The second-order valence-electron chi connectivity index (χ2n) is 6.33. The van der Waals surface area contributed by atoms with Crippen molar-refractivity contribution < 1.29 is 23.8 Å². The lowest BCUT2D eigenvalue weighted by Crippen LogP contribution is -2.38. The van der Waals surface area contributed by atoms with Gasteiger partial charge in [0.05, 0.1) is 24.7 Å². The Hall–Kier alpha value is -2.45. The molecule has 1 atom stereocenters. The van der Waals surface area contributed by atoms with Gasteiger partial charge in [0.2, 0.25) is 0 Å². The number of hydrogen-bond donors (Lipinski definition) is 3. The van der Waals surface area contributed by atoms with E-state index in [-0.39, 0.29) is 17.3 Å². The van der Waals surface area contributed by atoms with Crippen LogP contribution in [0.3, 0.4) is 0 Å². The number of aryl methyl sites for hydroxylation is 1. The molecule has 0 fully saturated rings. The van der Waals surface area contributed by atoms with E-state index in [0.717, 1.165) is 0 Å². The molecule has 0 aliphatic carbocycles. The van der Waals surface area contributed by atoms with E-state index >= 15 is 0 Å². The van der Waals surface area contributed by atoms with Gasteiger partial charge >= 0.3 is 0 Å². The number of carbonyl (C=O) groups excluding carboxylic acids is 1. The van der Waals surface area contributed by atoms with E-state index in [0.29, 0.717) is 16.8 Å². The molecule has 0 spiro atoms. The van der Waals surface area contributed by atoms with Crippen molar-refractivity contribution in [2.24, 2.45) is 0 Å². The molecular weight excluding hydrogens is 344 g/mol. The Morgan fingerprint density at radius 1 is 1.31 bits per heavy atom. The zero-order valence-electron chi connectivity index (χ0n) is 14.7. The number of carbonyl (C=O) groups is 1. The van der Waals surface area contributed by atoms with E-state index in [1.165, 1.54) is 30.6 Å². The lowest BCUT2D eigenvalue weighted by Gasteiger charge is -2.26. The summed E-state index contributed by atoms with van der Waals surface area (Å²) in [5.74, 6) is -0.400. The number of nitrogens with zero attached hydrogens (tertiary/aromatic N) is 2. The number of aliphatic hydroxyl groups is 2. The van der Waals surface area contributed by atoms with Crippen molar-refractivity contribution >= 4 is 5.91 Å². The molecule has 8 heteroatoms. The van der Waals surface area contributed by atoms with Crippen molar-refractivity contribution in [1.29, 1.82) is 0 Å². The standard InChI is InChI=1S/C18H21F2N3O3/c1-10(2)22-16(25)15-8-21-7-14(23-15)13-6-12(5-4-11(13)3)18(26,9-24)17(19)20/h4-8,10,17,24,26H,9H2,1-3H3,(H,22,25). The van der Waals surface area contributed by atoms with Gasteiger partial charge in [0.1, 0.15) is 5.69 Å². The van der Waals surface area contributed by atoms with Crippen molar-refractivity contribution in [2.75, 3.05) is 6.61 Å². The minimum Gasteiger partial charge on any atom is -0.393 e. The molecule has 0 aliphatic heterocycles. The first-order valence-corrected chi connectivity index (χ1v) is 8.04. The van der Waals surface area contributed by atoms with Crippen LogP contribution in [-0.2, 0) is 5.60 Å². The predicted molar refractivity (Wildman–Crippen MR) is 91.8 cm³/mol. The molecule has 6 nitrogen and oxygen atoms in total. The molecule has 26 heavy (non-hydrogen) atoms. The van der Waals surface area contributed by atoms with Crippen LogP contribution in [0.15, 0.2) is 30.6 Å². The molecule has 0 saturated heterocycles. The maximum atomic E-state index is 13.2. The number of benzene rings is 1. The number of aromatic nitrogens is 2. The number of hydrogen-bond acceptors (Lipinski definition) is 5. The summed E-state index contributed by atoms with van der Waals surface area (Å²) in [6, 6.07) is 4.11.